The van der Waals surface area contributed by atoms with Crippen LogP contribution in [-0.2, 0) is 0 Å². The van der Waals surface area contributed by atoms with Crippen molar-refractivity contribution in [3.63, 3.8) is 0 Å². The van der Waals surface area contributed by atoms with E-state index < -0.39 is 5.97 Å². The highest BCUT2D eigenvalue weighted by atomic mass is 16.5. The molecule has 0 saturated carbocycles. The molecule has 5 heteroatoms. The molecule has 100 valence electrons. The molecule has 1 aromatic carbocycles. The molecular formula is C14H15NO4. The van der Waals surface area contributed by atoms with E-state index in [9.17, 15) is 9.90 Å². The predicted molar refractivity (Wildman–Crippen MR) is 69.7 cm³/mol. The number of aromatic nitrogens is 1. The monoisotopic (exact) mass is 261 g/mol. The normalized spacial score (nSPS) is 10.5. The third-order valence-electron chi connectivity index (χ3n) is 3.07. The van der Waals surface area contributed by atoms with E-state index in [-0.39, 0.29) is 5.56 Å². The zero-order valence-electron chi connectivity index (χ0n) is 11.3. The van der Waals surface area contributed by atoms with Crippen molar-refractivity contribution in [2.75, 3.05) is 7.11 Å². The lowest BCUT2D eigenvalue weighted by Gasteiger charge is -2.10. The molecule has 1 aromatic heterocycles. The largest absolute Gasteiger partial charge is 0.496 e. The molecule has 0 radical (unpaired) electrons. The van der Waals surface area contributed by atoms with Gasteiger partial charge in [0, 0.05) is 5.56 Å². The summed E-state index contributed by atoms with van der Waals surface area (Å²) >= 11 is 0. The van der Waals surface area contributed by atoms with E-state index >= 15 is 0 Å². The maximum absolute atomic E-state index is 11.3. The number of aryl methyl sites for hydroxylation is 3. The van der Waals surface area contributed by atoms with Crippen molar-refractivity contribution >= 4 is 5.97 Å². The lowest BCUT2D eigenvalue weighted by Crippen LogP contribution is -2.00. The molecule has 0 unspecified atom stereocenters. The first-order chi connectivity index (χ1) is 8.95. The van der Waals surface area contributed by atoms with Gasteiger partial charge in [-0.3, -0.25) is 0 Å². The summed E-state index contributed by atoms with van der Waals surface area (Å²) in [6, 6.07) is 3.72. The molecule has 0 saturated heterocycles. The van der Waals surface area contributed by atoms with Crippen LogP contribution in [0.15, 0.2) is 16.7 Å². The van der Waals surface area contributed by atoms with Gasteiger partial charge in [0.2, 0.25) is 0 Å². The van der Waals surface area contributed by atoms with Gasteiger partial charge in [-0.2, -0.15) is 0 Å². The van der Waals surface area contributed by atoms with Gasteiger partial charge in [-0.25, -0.2) is 4.79 Å². The molecule has 19 heavy (non-hydrogen) atoms. The molecule has 0 atom stereocenters. The summed E-state index contributed by atoms with van der Waals surface area (Å²) < 4.78 is 10.2. The maximum atomic E-state index is 11.3. The van der Waals surface area contributed by atoms with Gasteiger partial charge in [-0.05, 0) is 44.0 Å². The Morgan fingerprint density at radius 3 is 2.53 bits per heavy atom. The van der Waals surface area contributed by atoms with E-state index in [1.54, 1.807) is 14.0 Å². The molecule has 1 N–H and O–H groups in total. The Morgan fingerprint density at radius 1 is 1.26 bits per heavy atom. The Hall–Kier alpha value is -2.30. The Labute approximate surface area is 110 Å². The quantitative estimate of drug-likeness (QED) is 0.919. The van der Waals surface area contributed by atoms with E-state index in [0.29, 0.717) is 11.5 Å². The second-order valence-electron chi connectivity index (χ2n) is 4.40. The summed E-state index contributed by atoms with van der Waals surface area (Å²) in [5.41, 5.74) is 3.01. The average Bonchev–Trinajstić information content (AvgIpc) is 2.73. The fourth-order valence-electron chi connectivity index (χ4n) is 2.07. The second kappa shape index (κ2) is 4.76. The fourth-order valence-corrected chi connectivity index (χ4v) is 2.07. The SMILES string of the molecule is COc1cc(C)c(-c2noc(C)c2C(=O)O)cc1C. The van der Waals surface area contributed by atoms with Gasteiger partial charge in [0.15, 0.2) is 0 Å². The van der Waals surface area contributed by atoms with Crippen molar-refractivity contribution in [3.8, 4) is 17.0 Å². The molecule has 2 rings (SSSR count). The number of methoxy groups -OCH3 is 1. The minimum atomic E-state index is -1.04. The first-order valence-electron chi connectivity index (χ1n) is 5.81. The van der Waals surface area contributed by atoms with Crippen molar-refractivity contribution in [2.45, 2.75) is 20.8 Å². The second-order valence-corrected chi connectivity index (χ2v) is 4.40. The summed E-state index contributed by atoms with van der Waals surface area (Å²) in [4.78, 5) is 11.3. The van der Waals surface area contributed by atoms with Crippen molar-refractivity contribution in [1.29, 1.82) is 0 Å². The van der Waals surface area contributed by atoms with Crippen LogP contribution < -0.4 is 4.74 Å². The van der Waals surface area contributed by atoms with Gasteiger partial charge in [0.05, 0.1) is 7.11 Å². The average molecular weight is 261 g/mol. The third-order valence-corrected chi connectivity index (χ3v) is 3.07. The lowest BCUT2D eigenvalue weighted by molar-refractivity contribution is 0.0696. The Bertz CT molecular complexity index is 643. The van der Waals surface area contributed by atoms with Crippen molar-refractivity contribution in [2.24, 2.45) is 0 Å². The minimum Gasteiger partial charge on any atom is -0.496 e. The summed E-state index contributed by atoms with van der Waals surface area (Å²) in [6.07, 6.45) is 0. The number of benzene rings is 1. The number of ether oxygens (including phenoxy) is 1. The van der Waals surface area contributed by atoms with Crippen LogP contribution in [0, 0.1) is 20.8 Å². The van der Waals surface area contributed by atoms with Gasteiger partial charge in [0.25, 0.3) is 0 Å². The summed E-state index contributed by atoms with van der Waals surface area (Å²) in [5.74, 6) is 0.0235. The number of nitrogens with zero attached hydrogens (tertiary/aromatic N) is 1. The number of carbonyl (C=O) groups is 1. The summed E-state index contributed by atoms with van der Waals surface area (Å²) in [7, 11) is 1.60. The van der Waals surface area contributed by atoms with E-state index in [1.807, 2.05) is 26.0 Å². The number of rotatable bonds is 3. The highest BCUT2D eigenvalue weighted by Gasteiger charge is 2.22. The maximum Gasteiger partial charge on any atom is 0.341 e. The smallest absolute Gasteiger partial charge is 0.341 e. The van der Waals surface area contributed by atoms with E-state index in [1.165, 1.54) is 0 Å². The first kappa shape index (κ1) is 13.1. The molecule has 1 heterocycles. The van der Waals surface area contributed by atoms with Gasteiger partial charge in [-0.15, -0.1) is 0 Å². The Kier molecular flexibility index (Phi) is 3.29. The Morgan fingerprint density at radius 2 is 1.95 bits per heavy atom. The summed E-state index contributed by atoms with van der Waals surface area (Å²) in [5, 5.41) is 13.1. The van der Waals surface area contributed by atoms with Crippen LogP contribution in [0.4, 0.5) is 0 Å². The third kappa shape index (κ3) is 2.19. The first-order valence-corrected chi connectivity index (χ1v) is 5.81. The van der Waals surface area contributed by atoms with Gasteiger partial charge >= 0.3 is 5.97 Å². The topological polar surface area (TPSA) is 72.6 Å². The summed E-state index contributed by atoms with van der Waals surface area (Å²) in [6.45, 7) is 5.37. The van der Waals surface area contributed by atoms with Crippen LogP contribution in [-0.4, -0.2) is 23.3 Å². The fraction of sp³-hybridized carbons (Fsp3) is 0.286. The number of hydrogen-bond acceptors (Lipinski definition) is 4. The lowest BCUT2D eigenvalue weighted by atomic mass is 9.99. The molecular weight excluding hydrogens is 246 g/mol. The zero-order chi connectivity index (χ0) is 14.2. The van der Waals surface area contributed by atoms with Crippen molar-refractivity contribution in [1.82, 2.24) is 5.16 Å². The molecule has 0 aliphatic rings. The molecule has 2 aromatic rings. The van der Waals surface area contributed by atoms with Crippen LogP contribution in [0.2, 0.25) is 0 Å². The van der Waals surface area contributed by atoms with Crippen LogP contribution in [0.5, 0.6) is 5.75 Å². The van der Waals surface area contributed by atoms with Crippen LogP contribution in [0.3, 0.4) is 0 Å². The molecule has 0 aliphatic heterocycles. The predicted octanol–water partition coefficient (Wildman–Crippen LogP) is 2.97. The highest BCUT2D eigenvalue weighted by molar-refractivity contribution is 5.96. The minimum absolute atomic E-state index is 0.104. The Balaban J connectivity index is 2.66. The molecule has 0 bridgehead atoms. The van der Waals surface area contributed by atoms with Gasteiger partial charge in [-0.1, -0.05) is 5.16 Å². The molecule has 0 aliphatic carbocycles. The van der Waals surface area contributed by atoms with Crippen LogP contribution in [0.1, 0.15) is 27.2 Å². The van der Waals surface area contributed by atoms with Crippen LogP contribution >= 0.6 is 0 Å². The molecule has 0 spiro atoms. The number of carboxylic acid groups (broad SMARTS) is 1. The van der Waals surface area contributed by atoms with E-state index in [4.69, 9.17) is 9.26 Å². The van der Waals surface area contributed by atoms with Gasteiger partial charge < -0.3 is 14.4 Å². The zero-order valence-corrected chi connectivity index (χ0v) is 11.3. The van der Waals surface area contributed by atoms with E-state index in [0.717, 1.165) is 22.4 Å². The van der Waals surface area contributed by atoms with Crippen LogP contribution in [0.25, 0.3) is 11.3 Å². The number of hydrogen-bond donors (Lipinski definition) is 1. The van der Waals surface area contributed by atoms with Crippen molar-refractivity contribution < 1.29 is 19.2 Å². The standard InChI is InChI=1S/C14H15NO4/c1-7-6-11(18-4)8(2)5-10(7)13-12(14(16)17)9(3)19-15-13/h5-6H,1-4H3,(H,16,17). The molecule has 0 fully saturated rings. The van der Waals surface area contributed by atoms with Crippen molar-refractivity contribution in [3.05, 3.63) is 34.6 Å². The number of carboxylic acids is 1. The number of aromatic carboxylic acids is 1. The molecule has 0 amide bonds. The molecule has 5 nitrogen and oxygen atoms in total. The van der Waals surface area contributed by atoms with E-state index in [2.05, 4.69) is 5.16 Å². The highest BCUT2D eigenvalue weighted by Crippen LogP contribution is 2.32. The van der Waals surface area contributed by atoms with Gasteiger partial charge in [0.1, 0.15) is 22.8 Å².